The molecule has 0 atom stereocenters. The van der Waals surface area contributed by atoms with Gasteiger partial charge in [0.25, 0.3) is 6.26 Å². The number of rotatable bonds is 8. The first-order valence-corrected chi connectivity index (χ1v) is 9.82. The first-order valence-electron chi connectivity index (χ1n) is 9.82. The number of hydrogen-bond donors (Lipinski definition) is 2. The molecule has 0 aliphatic carbocycles. The Kier molecular flexibility index (Phi) is 7.33. The van der Waals surface area contributed by atoms with E-state index in [0.717, 1.165) is 22.3 Å². The van der Waals surface area contributed by atoms with Crippen molar-refractivity contribution in [1.82, 2.24) is 0 Å². The summed E-state index contributed by atoms with van der Waals surface area (Å²) in [6.45, 7) is 0.216. The topological polar surface area (TPSA) is 121 Å². The largest absolute Gasteiger partial charge is 0.496 e. The van der Waals surface area contributed by atoms with Crippen molar-refractivity contribution in [1.29, 1.82) is 5.26 Å². The number of anilines is 2. The van der Waals surface area contributed by atoms with Crippen LogP contribution in [0.25, 0.3) is 17.2 Å². The molecule has 3 aromatic carbocycles. The van der Waals surface area contributed by atoms with Crippen LogP contribution in [0.2, 0.25) is 0 Å². The molecule has 7 heteroatoms. The van der Waals surface area contributed by atoms with Crippen molar-refractivity contribution >= 4 is 23.4 Å². The van der Waals surface area contributed by atoms with Gasteiger partial charge < -0.3 is 25.7 Å². The van der Waals surface area contributed by atoms with Crippen molar-refractivity contribution < 1.29 is 19.0 Å². The van der Waals surface area contributed by atoms with Gasteiger partial charge in [-0.3, -0.25) is 0 Å². The molecule has 0 aromatic heterocycles. The summed E-state index contributed by atoms with van der Waals surface area (Å²) < 4.78 is 15.5. The number of nitrogens with two attached hydrogens (primary N) is 2. The fourth-order valence-electron chi connectivity index (χ4n) is 3.16. The molecule has 0 unspecified atom stereocenters. The summed E-state index contributed by atoms with van der Waals surface area (Å²) in [4.78, 5) is 12.1. The van der Waals surface area contributed by atoms with E-state index in [1.807, 2.05) is 30.3 Å². The lowest BCUT2D eigenvalue weighted by Crippen LogP contribution is -2.05. The Morgan fingerprint density at radius 2 is 1.69 bits per heavy atom. The molecule has 0 aliphatic heterocycles. The number of ether oxygens (including phenoxy) is 3. The summed E-state index contributed by atoms with van der Waals surface area (Å²) >= 11 is 0. The molecular formula is C25H23N3O4. The minimum atomic E-state index is -0.457. The predicted octanol–water partition coefficient (Wildman–Crippen LogP) is 4.19. The van der Waals surface area contributed by atoms with E-state index in [-0.39, 0.29) is 6.61 Å². The lowest BCUT2D eigenvalue weighted by molar-refractivity contribution is -0.137. The van der Waals surface area contributed by atoms with Gasteiger partial charge in [0.2, 0.25) is 0 Å². The van der Waals surface area contributed by atoms with Crippen molar-refractivity contribution in [3.05, 3.63) is 77.9 Å². The molecular weight excluding hydrogens is 406 g/mol. The summed E-state index contributed by atoms with van der Waals surface area (Å²) in [6, 6.07) is 18.0. The van der Waals surface area contributed by atoms with E-state index in [1.165, 1.54) is 6.08 Å². The highest BCUT2D eigenvalue weighted by atomic mass is 16.5. The summed E-state index contributed by atoms with van der Waals surface area (Å²) in [6.07, 6.45) is 5.17. The van der Waals surface area contributed by atoms with Crippen LogP contribution in [0.1, 0.15) is 11.1 Å². The molecule has 0 saturated carbocycles. The summed E-state index contributed by atoms with van der Waals surface area (Å²) in [5, 5.41) is 8.58. The Hall–Kier alpha value is -4.44. The van der Waals surface area contributed by atoms with E-state index < -0.39 is 5.97 Å². The van der Waals surface area contributed by atoms with E-state index in [1.54, 1.807) is 49.8 Å². The van der Waals surface area contributed by atoms with Crippen LogP contribution in [-0.2, 0) is 16.0 Å². The quantitative estimate of drug-likeness (QED) is 0.238. The number of carbonyl (C=O) groups is 1. The van der Waals surface area contributed by atoms with Gasteiger partial charge in [-0.2, -0.15) is 0 Å². The highest BCUT2D eigenvalue weighted by Crippen LogP contribution is 2.29. The maximum absolute atomic E-state index is 12.1. The van der Waals surface area contributed by atoms with Gasteiger partial charge in [-0.15, -0.1) is 5.26 Å². The Labute approximate surface area is 186 Å². The van der Waals surface area contributed by atoms with Crippen LogP contribution < -0.4 is 20.9 Å². The zero-order valence-electron chi connectivity index (χ0n) is 17.6. The molecule has 0 amide bonds. The van der Waals surface area contributed by atoms with Crippen molar-refractivity contribution in [2.24, 2.45) is 0 Å². The smallest absolute Gasteiger partial charge is 0.330 e. The maximum Gasteiger partial charge on any atom is 0.330 e. The fourth-order valence-corrected chi connectivity index (χ4v) is 3.16. The lowest BCUT2D eigenvalue weighted by Gasteiger charge is -2.09. The zero-order chi connectivity index (χ0) is 22.9. The molecule has 162 valence electrons. The third-order valence-electron chi connectivity index (χ3n) is 4.66. The molecule has 4 N–H and O–H groups in total. The van der Waals surface area contributed by atoms with Gasteiger partial charge >= 0.3 is 5.97 Å². The van der Waals surface area contributed by atoms with Crippen LogP contribution in [0.5, 0.6) is 11.5 Å². The van der Waals surface area contributed by atoms with E-state index in [4.69, 9.17) is 30.9 Å². The van der Waals surface area contributed by atoms with Gasteiger partial charge in [0.15, 0.2) is 0 Å². The van der Waals surface area contributed by atoms with E-state index >= 15 is 0 Å². The fraction of sp³-hybridized carbons (Fsp3) is 0.120. The summed E-state index contributed by atoms with van der Waals surface area (Å²) in [5.41, 5.74) is 16.2. The van der Waals surface area contributed by atoms with Gasteiger partial charge in [0.1, 0.15) is 11.5 Å². The minimum absolute atomic E-state index is 0.216. The van der Waals surface area contributed by atoms with Crippen LogP contribution >= 0.6 is 0 Å². The molecule has 0 saturated heterocycles. The molecule has 0 spiro atoms. The number of methoxy groups -OCH3 is 1. The molecule has 0 fully saturated rings. The maximum atomic E-state index is 12.1. The summed E-state index contributed by atoms with van der Waals surface area (Å²) in [5.74, 6) is 0.626. The van der Waals surface area contributed by atoms with Crippen molar-refractivity contribution in [3.63, 3.8) is 0 Å². The van der Waals surface area contributed by atoms with Gasteiger partial charge in [-0.25, -0.2) is 4.79 Å². The van der Waals surface area contributed by atoms with Crippen LogP contribution in [0.3, 0.4) is 0 Å². The van der Waals surface area contributed by atoms with Gasteiger partial charge in [0, 0.05) is 29.4 Å². The SMILES string of the molecule is COc1cc(-c2ccc(OC#N)cc2)ccc1/C=C/C(=O)OCCc1cc(N)cc(N)c1. The lowest BCUT2D eigenvalue weighted by atomic mass is 10.0. The highest BCUT2D eigenvalue weighted by molar-refractivity contribution is 5.88. The van der Waals surface area contributed by atoms with Gasteiger partial charge in [-0.1, -0.05) is 24.3 Å². The average molecular weight is 429 g/mol. The van der Waals surface area contributed by atoms with E-state index in [2.05, 4.69) is 0 Å². The average Bonchev–Trinajstić information content (AvgIpc) is 2.78. The third kappa shape index (κ3) is 6.03. The second kappa shape index (κ2) is 10.5. The molecule has 0 bridgehead atoms. The normalized spacial score (nSPS) is 10.5. The number of esters is 1. The third-order valence-corrected chi connectivity index (χ3v) is 4.66. The Balaban J connectivity index is 1.62. The van der Waals surface area contributed by atoms with Crippen molar-refractivity contribution in [2.75, 3.05) is 25.2 Å². The second-order valence-electron chi connectivity index (χ2n) is 6.93. The Bertz CT molecular complexity index is 1140. The molecule has 3 aromatic rings. The molecule has 32 heavy (non-hydrogen) atoms. The number of benzene rings is 3. The number of carbonyl (C=O) groups excluding carboxylic acids is 1. The highest BCUT2D eigenvalue weighted by Gasteiger charge is 2.06. The van der Waals surface area contributed by atoms with E-state index in [9.17, 15) is 4.79 Å². The first-order chi connectivity index (χ1) is 15.5. The molecule has 0 aliphatic rings. The van der Waals surface area contributed by atoms with Crippen LogP contribution in [0.15, 0.2) is 66.7 Å². The zero-order valence-corrected chi connectivity index (χ0v) is 17.6. The van der Waals surface area contributed by atoms with Crippen LogP contribution in [-0.4, -0.2) is 19.7 Å². The van der Waals surface area contributed by atoms with Crippen molar-refractivity contribution in [2.45, 2.75) is 6.42 Å². The number of nitrogens with zero attached hydrogens (tertiary/aromatic N) is 1. The monoisotopic (exact) mass is 429 g/mol. The van der Waals surface area contributed by atoms with Crippen molar-refractivity contribution in [3.8, 4) is 28.9 Å². The molecule has 3 rings (SSSR count). The molecule has 0 heterocycles. The first kappa shape index (κ1) is 22.2. The standard InChI is InChI=1S/C25H23N3O4/c1-30-24-14-20(18-4-7-23(8-5-18)32-16-26)3-2-19(24)6-9-25(29)31-11-10-17-12-21(27)15-22(28)13-17/h2-9,12-15H,10-11,27-28H2,1H3/b9-6+. The van der Waals surface area contributed by atoms with Gasteiger partial charge in [-0.05, 0) is 59.2 Å². The number of hydrogen-bond acceptors (Lipinski definition) is 7. The number of nitriles is 1. The molecule has 7 nitrogen and oxygen atoms in total. The number of nitrogen functional groups attached to an aromatic ring is 2. The second-order valence-corrected chi connectivity index (χ2v) is 6.93. The Morgan fingerprint density at radius 1 is 1.00 bits per heavy atom. The van der Waals surface area contributed by atoms with Crippen LogP contribution in [0, 0.1) is 11.5 Å². The molecule has 0 radical (unpaired) electrons. The minimum Gasteiger partial charge on any atom is -0.496 e. The Morgan fingerprint density at radius 3 is 2.34 bits per heavy atom. The van der Waals surface area contributed by atoms with Gasteiger partial charge in [0.05, 0.1) is 13.7 Å². The summed E-state index contributed by atoms with van der Waals surface area (Å²) in [7, 11) is 1.57. The predicted molar refractivity (Wildman–Crippen MR) is 124 cm³/mol. The van der Waals surface area contributed by atoms with Crippen LogP contribution in [0.4, 0.5) is 11.4 Å². The van der Waals surface area contributed by atoms with E-state index in [0.29, 0.717) is 29.3 Å².